The van der Waals surface area contributed by atoms with E-state index >= 15 is 0 Å². The van der Waals surface area contributed by atoms with E-state index in [9.17, 15) is 0 Å². The fourth-order valence-corrected chi connectivity index (χ4v) is 1.67. The van der Waals surface area contributed by atoms with Gasteiger partial charge >= 0.3 is 0 Å². The largest absolute Gasteiger partial charge is 0.293 e. The maximum atomic E-state index is 4.22. The van der Waals surface area contributed by atoms with Crippen molar-refractivity contribution in [2.45, 2.75) is 13.1 Å². The van der Waals surface area contributed by atoms with Crippen molar-refractivity contribution < 1.29 is 0 Å². The van der Waals surface area contributed by atoms with Crippen LogP contribution in [0.5, 0.6) is 0 Å². The highest BCUT2D eigenvalue weighted by molar-refractivity contribution is 9.10. The number of nitrogens with zero attached hydrogens (tertiary/aromatic N) is 6. The molecule has 0 fully saturated rings. The van der Waals surface area contributed by atoms with Crippen molar-refractivity contribution >= 4 is 15.9 Å². The Balaban J connectivity index is 1.93. The Bertz CT molecular complexity index is 480. The molecular weight excluding hydrogens is 284 g/mol. The van der Waals surface area contributed by atoms with Gasteiger partial charge < -0.3 is 0 Å². The highest BCUT2D eigenvalue weighted by Crippen LogP contribution is 2.06. The van der Waals surface area contributed by atoms with Gasteiger partial charge in [0.1, 0.15) is 5.82 Å². The van der Waals surface area contributed by atoms with Gasteiger partial charge in [0.05, 0.1) is 16.7 Å². The molecular formula is C10H13BrN6. The summed E-state index contributed by atoms with van der Waals surface area (Å²) in [5.74, 6) is 0.791. The van der Waals surface area contributed by atoms with Crippen LogP contribution in [-0.2, 0) is 20.1 Å². The van der Waals surface area contributed by atoms with Gasteiger partial charge in [0.15, 0.2) is 0 Å². The van der Waals surface area contributed by atoms with Crippen LogP contribution in [0, 0.1) is 0 Å². The molecule has 2 heterocycles. The molecule has 2 aromatic heterocycles. The summed E-state index contributed by atoms with van der Waals surface area (Å²) < 4.78 is 2.58. The molecule has 0 aliphatic heterocycles. The first kappa shape index (κ1) is 12.1. The third-order valence-corrected chi connectivity index (χ3v) is 2.58. The lowest BCUT2D eigenvalue weighted by Crippen LogP contribution is -2.19. The third kappa shape index (κ3) is 3.57. The van der Waals surface area contributed by atoms with Gasteiger partial charge in [-0.3, -0.25) is 9.58 Å². The highest BCUT2D eigenvalue weighted by Gasteiger charge is 2.06. The summed E-state index contributed by atoms with van der Waals surface area (Å²) >= 11 is 3.31. The summed E-state index contributed by atoms with van der Waals surface area (Å²) in [5.41, 5.74) is 0.937. The number of hydrogen-bond donors (Lipinski definition) is 0. The first-order valence-electron chi connectivity index (χ1n) is 5.13. The van der Waals surface area contributed by atoms with Crippen LogP contribution in [-0.4, -0.2) is 36.9 Å². The first-order chi connectivity index (χ1) is 8.13. The molecule has 0 aliphatic carbocycles. The molecule has 90 valence electrons. The molecule has 0 N–H and O–H groups in total. The van der Waals surface area contributed by atoms with Crippen molar-refractivity contribution in [3.63, 3.8) is 0 Å². The minimum Gasteiger partial charge on any atom is -0.293 e. The van der Waals surface area contributed by atoms with Crippen molar-refractivity contribution in [3.8, 4) is 0 Å². The molecule has 0 unspecified atom stereocenters. The molecule has 0 radical (unpaired) electrons. The van der Waals surface area contributed by atoms with Gasteiger partial charge in [-0.25, -0.2) is 9.97 Å². The normalized spacial score (nSPS) is 11.1. The monoisotopic (exact) mass is 296 g/mol. The molecule has 0 amide bonds. The molecule has 2 aromatic rings. The van der Waals surface area contributed by atoms with Gasteiger partial charge in [-0.15, -0.1) is 5.10 Å². The standard InChI is InChI=1S/C10H13BrN6/c1-16(5-9-6-17(2)15-14-9)7-10-12-3-8(11)4-13-10/h3-4,6H,5,7H2,1-2H3. The Hall–Kier alpha value is -1.34. The topological polar surface area (TPSA) is 59.7 Å². The average molecular weight is 297 g/mol. The molecule has 0 bridgehead atoms. The van der Waals surface area contributed by atoms with Crippen molar-refractivity contribution in [2.24, 2.45) is 7.05 Å². The van der Waals surface area contributed by atoms with Gasteiger partial charge in [-0.05, 0) is 23.0 Å². The highest BCUT2D eigenvalue weighted by atomic mass is 79.9. The van der Waals surface area contributed by atoms with E-state index < -0.39 is 0 Å². The SMILES string of the molecule is CN(Cc1cn(C)nn1)Cc1ncc(Br)cn1. The minimum atomic E-state index is 0.684. The molecule has 0 saturated carbocycles. The number of rotatable bonds is 4. The van der Waals surface area contributed by atoms with E-state index in [2.05, 4.69) is 41.1 Å². The summed E-state index contributed by atoms with van der Waals surface area (Å²) in [5, 5.41) is 7.93. The zero-order chi connectivity index (χ0) is 12.3. The fraction of sp³-hybridized carbons (Fsp3) is 0.400. The van der Waals surface area contributed by atoms with Gasteiger partial charge in [0.25, 0.3) is 0 Å². The van der Waals surface area contributed by atoms with E-state index in [1.54, 1.807) is 17.1 Å². The molecule has 0 aromatic carbocycles. The van der Waals surface area contributed by atoms with E-state index in [0.717, 1.165) is 22.5 Å². The van der Waals surface area contributed by atoms with E-state index in [-0.39, 0.29) is 0 Å². The fourth-order valence-electron chi connectivity index (χ4n) is 1.46. The molecule has 2 rings (SSSR count). The van der Waals surface area contributed by atoms with Crippen LogP contribution in [0.1, 0.15) is 11.5 Å². The molecule has 17 heavy (non-hydrogen) atoms. The van der Waals surface area contributed by atoms with Gasteiger partial charge in [0.2, 0.25) is 0 Å². The van der Waals surface area contributed by atoms with Gasteiger partial charge in [-0.2, -0.15) is 0 Å². The van der Waals surface area contributed by atoms with Crippen LogP contribution in [0.25, 0.3) is 0 Å². The second-order valence-corrected chi connectivity index (χ2v) is 4.79. The number of hydrogen-bond acceptors (Lipinski definition) is 5. The zero-order valence-electron chi connectivity index (χ0n) is 9.71. The first-order valence-corrected chi connectivity index (χ1v) is 5.93. The maximum Gasteiger partial charge on any atom is 0.142 e. The van der Waals surface area contributed by atoms with Crippen LogP contribution in [0.3, 0.4) is 0 Å². The zero-order valence-corrected chi connectivity index (χ0v) is 11.3. The minimum absolute atomic E-state index is 0.684. The summed E-state index contributed by atoms with van der Waals surface area (Å²) in [6, 6.07) is 0. The smallest absolute Gasteiger partial charge is 0.142 e. The van der Waals surface area contributed by atoms with Crippen LogP contribution in [0.15, 0.2) is 23.1 Å². The Morgan fingerprint density at radius 1 is 1.29 bits per heavy atom. The second kappa shape index (κ2) is 5.33. The summed E-state index contributed by atoms with van der Waals surface area (Å²) in [6.45, 7) is 1.41. The van der Waals surface area contributed by atoms with Crippen LogP contribution >= 0.6 is 15.9 Å². The van der Waals surface area contributed by atoms with Crippen molar-refractivity contribution in [2.75, 3.05) is 7.05 Å². The lowest BCUT2D eigenvalue weighted by molar-refractivity contribution is 0.306. The lowest BCUT2D eigenvalue weighted by atomic mass is 10.4. The number of halogens is 1. The molecule has 0 atom stereocenters. The predicted molar refractivity (Wildman–Crippen MR) is 65.9 cm³/mol. The van der Waals surface area contributed by atoms with E-state index in [0.29, 0.717) is 6.54 Å². The van der Waals surface area contributed by atoms with Crippen molar-refractivity contribution in [1.82, 2.24) is 29.9 Å². The van der Waals surface area contributed by atoms with Gasteiger partial charge in [-0.1, -0.05) is 5.21 Å². The molecule has 7 heteroatoms. The predicted octanol–water partition coefficient (Wildman–Crippen LogP) is 1.000. The van der Waals surface area contributed by atoms with Gasteiger partial charge in [0, 0.05) is 32.2 Å². The quantitative estimate of drug-likeness (QED) is 0.842. The number of aromatic nitrogens is 5. The Morgan fingerprint density at radius 2 is 2.00 bits per heavy atom. The molecule has 0 saturated heterocycles. The second-order valence-electron chi connectivity index (χ2n) is 3.87. The summed E-state index contributed by atoms with van der Waals surface area (Å²) in [4.78, 5) is 10.5. The van der Waals surface area contributed by atoms with Crippen LogP contribution in [0.4, 0.5) is 0 Å². The van der Waals surface area contributed by atoms with E-state index in [1.165, 1.54) is 0 Å². The third-order valence-electron chi connectivity index (χ3n) is 2.17. The molecule has 6 nitrogen and oxygen atoms in total. The average Bonchev–Trinajstić information content (AvgIpc) is 2.67. The summed E-state index contributed by atoms with van der Waals surface area (Å²) in [7, 11) is 3.86. The van der Waals surface area contributed by atoms with Crippen LogP contribution < -0.4 is 0 Å². The van der Waals surface area contributed by atoms with E-state index in [1.807, 2.05) is 20.3 Å². The summed E-state index contributed by atoms with van der Waals surface area (Å²) in [6.07, 6.45) is 5.40. The van der Waals surface area contributed by atoms with Crippen LogP contribution in [0.2, 0.25) is 0 Å². The molecule has 0 aliphatic rings. The van der Waals surface area contributed by atoms with Crippen molar-refractivity contribution in [1.29, 1.82) is 0 Å². The number of aryl methyl sites for hydroxylation is 1. The Kier molecular flexibility index (Phi) is 3.80. The van der Waals surface area contributed by atoms with Crippen molar-refractivity contribution in [3.05, 3.63) is 34.6 Å². The Labute approximate surface area is 108 Å². The van der Waals surface area contributed by atoms with E-state index in [4.69, 9.17) is 0 Å². The Morgan fingerprint density at radius 3 is 2.59 bits per heavy atom. The maximum absolute atomic E-state index is 4.22. The lowest BCUT2D eigenvalue weighted by Gasteiger charge is -2.13. The molecule has 0 spiro atoms.